The van der Waals surface area contributed by atoms with E-state index in [1.807, 2.05) is 6.92 Å². The summed E-state index contributed by atoms with van der Waals surface area (Å²) >= 11 is 0. The van der Waals surface area contributed by atoms with Crippen LogP contribution in [0.4, 0.5) is 0 Å². The van der Waals surface area contributed by atoms with Gasteiger partial charge in [0.2, 0.25) is 0 Å². The highest BCUT2D eigenvalue weighted by Gasteiger charge is 2.00. The number of phenols is 1. The van der Waals surface area contributed by atoms with E-state index in [0.717, 1.165) is 5.56 Å². The van der Waals surface area contributed by atoms with Crippen LogP contribution in [0.1, 0.15) is 18.5 Å². The van der Waals surface area contributed by atoms with Crippen LogP contribution < -0.4 is 0 Å². The van der Waals surface area contributed by atoms with Gasteiger partial charge in [0, 0.05) is 0 Å². The molecule has 0 saturated carbocycles. The van der Waals surface area contributed by atoms with E-state index in [4.69, 9.17) is 10.6 Å². The van der Waals surface area contributed by atoms with Gasteiger partial charge in [-0.1, -0.05) is 12.1 Å². The van der Waals surface area contributed by atoms with Crippen molar-refractivity contribution in [2.45, 2.75) is 13.0 Å². The fourth-order valence-corrected chi connectivity index (χ4v) is 0.827. The van der Waals surface area contributed by atoms with Gasteiger partial charge in [-0.15, -0.1) is 0 Å². The molecule has 1 atom stereocenters. The van der Waals surface area contributed by atoms with Crippen LogP contribution in [-0.2, 0) is 0 Å². The second-order valence-corrected chi connectivity index (χ2v) is 2.40. The van der Waals surface area contributed by atoms with E-state index in [1.54, 1.807) is 24.3 Å². The second-order valence-electron chi connectivity index (χ2n) is 2.40. The van der Waals surface area contributed by atoms with Crippen molar-refractivity contribution in [2.24, 2.45) is 5.11 Å². The summed E-state index contributed by atoms with van der Waals surface area (Å²) in [5, 5.41) is 12.3. The molecule has 1 aromatic rings. The zero-order chi connectivity index (χ0) is 8.27. The van der Waals surface area contributed by atoms with Gasteiger partial charge in [-0.2, -0.15) is 5.11 Å². The molecule has 1 rings (SSSR count). The summed E-state index contributed by atoms with van der Waals surface area (Å²) in [7, 11) is 0. The highest BCUT2D eigenvalue weighted by atomic mass is 16.3. The number of nitrogens with one attached hydrogen (secondary N) is 1. The van der Waals surface area contributed by atoms with Gasteiger partial charge in [-0.3, -0.25) is 0 Å². The molecule has 0 aromatic heterocycles. The highest BCUT2D eigenvalue weighted by Crippen LogP contribution is 2.18. The zero-order valence-electron chi connectivity index (χ0n) is 6.28. The molecule has 3 nitrogen and oxygen atoms in total. The number of benzene rings is 1. The van der Waals surface area contributed by atoms with E-state index in [-0.39, 0.29) is 11.8 Å². The summed E-state index contributed by atoms with van der Waals surface area (Å²) in [6.07, 6.45) is 0. The SMILES string of the molecule is CC(N=N)c1ccc(O)cc1. The van der Waals surface area contributed by atoms with E-state index < -0.39 is 0 Å². The van der Waals surface area contributed by atoms with Crippen LogP contribution in [0.2, 0.25) is 0 Å². The first-order valence-electron chi connectivity index (χ1n) is 3.39. The monoisotopic (exact) mass is 150 g/mol. The maximum absolute atomic E-state index is 8.93. The normalized spacial score (nSPS) is 12.5. The number of aromatic hydroxyl groups is 1. The van der Waals surface area contributed by atoms with Crippen LogP contribution in [0.3, 0.4) is 0 Å². The standard InChI is InChI=1S/C8H10N2O/c1-6(10-9)7-2-4-8(11)5-3-7/h2-6,9,11H,1H3. The summed E-state index contributed by atoms with van der Waals surface area (Å²) in [4.78, 5) is 0. The molecule has 0 aliphatic rings. The molecule has 0 bridgehead atoms. The van der Waals surface area contributed by atoms with Gasteiger partial charge in [0.1, 0.15) is 5.75 Å². The molecule has 0 fully saturated rings. The minimum Gasteiger partial charge on any atom is -0.508 e. The summed E-state index contributed by atoms with van der Waals surface area (Å²) in [5.41, 5.74) is 7.70. The summed E-state index contributed by atoms with van der Waals surface area (Å²) in [6, 6.07) is 6.60. The fourth-order valence-electron chi connectivity index (χ4n) is 0.827. The molecule has 0 spiro atoms. The van der Waals surface area contributed by atoms with Crippen molar-refractivity contribution >= 4 is 0 Å². The molecule has 3 heteroatoms. The second kappa shape index (κ2) is 3.14. The van der Waals surface area contributed by atoms with Gasteiger partial charge in [0.25, 0.3) is 0 Å². The Hall–Kier alpha value is -1.38. The van der Waals surface area contributed by atoms with Gasteiger partial charge in [0.15, 0.2) is 0 Å². The summed E-state index contributed by atoms with van der Waals surface area (Å²) in [5.74, 6) is 0.242. The molecule has 0 saturated heterocycles. The quantitative estimate of drug-likeness (QED) is 0.625. The van der Waals surface area contributed by atoms with Crippen molar-refractivity contribution in [3.63, 3.8) is 0 Å². The molecule has 0 radical (unpaired) electrons. The Labute approximate surface area is 65.2 Å². The third kappa shape index (κ3) is 1.77. The van der Waals surface area contributed by atoms with Crippen molar-refractivity contribution in [3.05, 3.63) is 29.8 Å². The lowest BCUT2D eigenvalue weighted by molar-refractivity contribution is 0.475. The van der Waals surface area contributed by atoms with E-state index in [1.165, 1.54) is 0 Å². The van der Waals surface area contributed by atoms with Gasteiger partial charge < -0.3 is 5.11 Å². The Morgan fingerprint density at radius 1 is 1.36 bits per heavy atom. The van der Waals surface area contributed by atoms with Crippen molar-refractivity contribution in [2.75, 3.05) is 0 Å². The summed E-state index contributed by atoms with van der Waals surface area (Å²) in [6.45, 7) is 1.83. The lowest BCUT2D eigenvalue weighted by atomic mass is 10.1. The molecule has 2 N–H and O–H groups in total. The molecular weight excluding hydrogens is 140 g/mol. The first kappa shape index (κ1) is 7.72. The van der Waals surface area contributed by atoms with E-state index in [0.29, 0.717) is 0 Å². The minimum atomic E-state index is -0.115. The first-order valence-corrected chi connectivity index (χ1v) is 3.39. The Balaban J connectivity index is 2.89. The summed E-state index contributed by atoms with van der Waals surface area (Å²) < 4.78 is 0. The molecule has 0 aliphatic carbocycles. The average molecular weight is 150 g/mol. The predicted octanol–water partition coefficient (Wildman–Crippen LogP) is 2.48. The number of hydrogen-bond donors (Lipinski definition) is 2. The third-order valence-electron chi connectivity index (χ3n) is 1.57. The Morgan fingerprint density at radius 2 is 1.91 bits per heavy atom. The van der Waals surface area contributed by atoms with Gasteiger partial charge >= 0.3 is 0 Å². The lowest BCUT2D eigenvalue weighted by Gasteiger charge is -2.02. The van der Waals surface area contributed by atoms with E-state index in [9.17, 15) is 0 Å². The van der Waals surface area contributed by atoms with E-state index >= 15 is 0 Å². The fraction of sp³-hybridized carbons (Fsp3) is 0.250. The topological polar surface area (TPSA) is 56.4 Å². The lowest BCUT2D eigenvalue weighted by Crippen LogP contribution is -1.85. The van der Waals surface area contributed by atoms with Crippen molar-refractivity contribution in [1.29, 1.82) is 5.53 Å². The number of phenolic OH excluding ortho intramolecular Hbond substituents is 1. The number of hydrogen-bond acceptors (Lipinski definition) is 3. The van der Waals surface area contributed by atoms with Crippen LogP contribution in [0.25, 0.3) is 0 Å². The first-order chi connectivity index (χ1) is 5.24. The molecule has 0 heterocycles. The maximum Gasteiger partial charge on any atom is 0.115 e. The number of rotatable bonds is 2. The zero-order valence-corrected chi connectivity index (χ0v) is 6.28. The molecular formula is C8H10N2O. The van der Waals surface area contributed by atoms with Gasteiger partial charge in [-0.05, 0) is 24.6 Å². The molecule has 1 unspecified atom stereocenters. The van der Waals surface area contributed by atoms with Crippen molar-refractivity contribution in [3.8, 4) is 5.75 Å². The highest BCUT2D eigenvalue weighted by molar-refractivity contribution is 5.27. The Bertz CT molecular complexity index is 243. The molecule has 0 amide bonds. The van der Waals surface area contributed by atoms with Crippen LogP contribution in [-0.4, -0.2) is 5.11 Å². The average Bonchev–Trinajstić information content (AvgIpc) is 2.05. The predicted molar refractivity (Wildman–Crippen MR) is 41.7 cm³/mol. The van der Waals surface area contributed by atoms with E-state index in [2.05, 4.69) is 5.11 Å². The van der Waals surface area contributed by atoms with Crippen LogP contribution in [0.5, 0.6) is 5.75 Å². The third-order valence-corrected chi connectivity index (χ3v) is 1.57. The van der Waals surface area contributed by atoms with Crippen LogP contribution in [0, 0.1) is 5.53 Å². The van der Waals surface area contributed by atoms with Gasteiger partial charge in [0.05, 0.1) is 6.04 Å². The molecule has 0 aliphatic heterocycles. The largest absolute Gasteiger partial charge is 0.508 e. The van der Waals surface area contributed by atoms with Crippen LogP contribution in [0.15, 0.2) is 29.4 Å². The minimum absolute atomic E-state index is 0.115. The Morgan fingerprint density at radius 3 is 2.36 bits per heavy atom. The van der Waals surface area contributed by atoms with Gasteiger partial charge in [-0.25, -0.2) is 5.53 Å². The van der Waals surface area contributed by atoms with Crippen molar-refractivity contribution in [1.82, 2.24) is 0 Å². The maximum atomic E-state index is 8.93. The Kier molecular flexibility index (Phi) is 2.21. The molecule has 58 valence electrons. The molecule has 1 aromatic carbocycles. The number of nitrogens with zero attached hydrogens (tertiary/aromatic N) is 1. The van der Waals surface area contributed by atoms with Crippen molar-refractivity contribution < 1.29 is 5.11 Å². The molecule has 11 heavy (non-hydrogen) atoms. The smallest absolute Gasteiger partial charge is 0.115 e. The van der Waals surface area contributed by atoms with Crippen LogP contribution >= 0.6 is 0 Å².